The number of hydrogen-bond acceptors (Lipinski definition) is 3. The highest BCUT2D eigenvalue weighted by atomic mass is 32.2. The predicted molar refractivity (Wildman–Crippen MR) is 246 cm³/mol. The topological polar surface area (TPSA) is 52.0 Å². The van der Waals surface area contributed by atoms with Gasteiger partial charge in [-0.2, -0.15) is 0 Å². The molecule has 3 aliphatic rings. The third-order valence-electron chi connectivity index (χ3n) is 11.8. The second-order valence-electron chi connectivity index (χ2n) is 15.1. The van der Waals surface area contributed by atoms with Gasteiger partial charge in [-0.1, -0.05) is 182 Å². The van der Waals surface area contributed by atoms with Gasteiger partial charge in [-0.25, -0.2) is 0 Å². The zero-order valence-electron chi connectivity index (χ0n) is 32.7. The van der Waals surface area contributed by atoms with Gasteiger partial charge >= 0.3 is 0 Å². The number of nitrogens with two attached hydrogens (primary N) is 2. The molecular formula is C55H46N2S. The predicted octanol–water partition coefficient (Wildman–Crippen LogP) is 13.3. The molecule has 0 saturated carbocycles. The van der Waals surface area contributed by atoms with Crippen molar-refractivity contribution in [1.29, 1.82) is 0 Å². The van der Waals surface area contributed by atoms with Crippen molar-refractivity contribution in [3.05, 3.63) is 250 Å². The van der Waals surface area contributed by atoms with Gasteiger partial charge in [0, 0.05) is 22.5 Å². The SMILES string of the molecule is C/C(=C\C(=C/N)c1ccccc1)c1ccccc1.NCc1ccc(C2=CC=C(c3ccc4c(c3)-c3ccccc3C43c4ccccc4Sc4ccccc43)CC2)cc1. The Morgan fingerprint density at radius 2 is 1.07 bits per heavy atom. The summed E-state index contributed by atoms with van der Waals surface area (Å²) in [4.78, 5) is 2.69. The average molecular weight is 767 g/mol. The molecule has 0 bridgehead atoms. The molecule has 3 heteroatoms. The van der Waals surface area contributed by atoms with Crippen LogP contribution >= 0.6 is 11.8 Å². The Kier molecular flexibility index (Phi) is 10.4. The van der Waals surface area contributed by atoms with E-state index in [0.29, 0.717) is 6.54 Å². The van der Waals surface area contributed by atoms with Gasteiger partial charge in [0.25, 0.3) is 0 Å². The van der Waals surface area contributed by atoms with Gasteiger partial charge in [0.2, 0.25) is 0 Å². The normalized spacial score (nSPS) is 14.9. The molecule has 10 rings (SSSR count). The minimum atomic E-state index is -0.299. The lowest BCUT2D eigenvalue weighted by molar-refractivity contribution is 0.722. The largest absolute Gasteiger partial charge is 0.404 e. The number of hydrogen-bond donors (Lipinski definition) is 2. The molecule has 2 aliphatic carbocycles. The molecule has 0 atom stereocenters. The molecular weight excluding hydrogens is 721 g/mol. The Bertz CT molecular complexity index is 2690. The van der Waals surface area contributed by atoms with Crippen LogP contribution in [0.5, 0.6) is 0 Å². The van der Waals surface area contributed by atoms with E-state index in [1.54, 1.807) is 6.20 Å². The second-order valence-corrected chi connectivity index (χ2v) is 16.2. The summed E-state index contributed by atoms with van der Waals surface area (Å²) in [5.41, 5.74) is 30.7. The van der Waals surface area contributed by atoms with E-state index in [9.17, 15) is 0 Å². The maximum Gasteiger partial charge on any atom is 0.0735 e. The van der Waals surface area contributed by atoms with E-state index in [1.165, 1.54) is 82.1 Å². The first-order valence-electron chi connectivity index (χ1n) is 20.1. The van der Waals surface area contributed by atoms with Crippen molar-refractivity contribution in [2.45, 2.75) is 41.5 Å². The highest BCUT2D eigenvalue weighted by molar-refractivity contribution is 7.99. The monoisotopic (exact) mass is 766 g/mol. The Hall–Kier alpha value is -6.39. The van der Waals surface area contributed by atoms with Crippen molar-refractivity contribution in [1.82, 2.24) is 0 Å². The molecule has 282 valence electrons. The minimum Gasteiger partial charge on any atom is -0.404 e. The van der Waals surface area contributed by atoms with Crippen molar-refractivity contribution >= 4 is 34.1 Å². The zero-order chi connectivity index (χ0) is 39.5. The quantitative estimate of drug-likeness (QED) is 0.166. The summed E-state index contributed by atoms with van der Waals surface area (Å²) in [7, 11) is 0. The van der Waals surface area contributed by atoms with Crippen LogP contribution in [0.15, 0.2) is 210 Å². The van der Waals surface area contributed by atoms with Crippen LogP contribution in [0, 0.1) is 0 Å². The fraction of sp³-hybridized carbons (Fsp3) is 0.0909. The maximum atomic E-state index is 5.80. The van der Waals surface area contributed by atoms with Crippen molar-refractivity contribution in [2.24, 2.45) is 11.5 Å². The molecule has 0 saturated heterocycles. The van der Waals surface area contributed by atoms with Crippen LogP contribution in [0.3, 0.4) is 0 Å². The molecule has 7 aromatic carbocycles. The summed E-state index contributed by atoms with van der Waals surface area (Å²) in [6.07, 6.45) is 10.5. The molecule has 0 aromatic heterocycles. The third-order valence-corrected chi connectivity index (χ3v) is 13.0. The number of rotatable bonds is 6. The molecule has 0 unspecified atom stereocenters. The summed E-state index contributed by atoms with van der Waals surface area (Å²) >= 11 is 1.90. The number of benzene rings is 7. The molecule has 4 N–H and O–H groups in total. The van der Waals surface area contributed by atoms with Crippen LogP contribution in [0.2, 0.25) is 0 Å². The van der Waals surface area contributed by atoms with Crippen LogP contribution in [0.1, 0.15) is 69.8 Å². The molecule has 1 spiro atoms. The first kappa shape index (κ1) is 37.2. The summed E-state index contributed by atoms with van der Waals surface area (Å²) in [5, 5.41) is 0. The fourth-order valence-electron chi connectivity index (χ4n) is 8.91. The average Bonchev–Trinajstić information content (AvgIpc) is 3.59. The van der Waals surface area contributed by atoms with E-state index >= 15 is 0 Å². The van der Waals surface area contributed by atoms with Crippen molar-refractivity contribution in [2.75, 3.05) is 0 Å². The number of allylic oxidation sites excluding steroid dienone is 7. The minimum absolute atomic E-state index is 0.299. The highest BCUT2D eigenvalue weighted by Crippen LogP contribution is 2.62. The van der Waals surface area contributed by atoms with Crippen LogP contribution in [0.4, 0.5) is 0 Å². The van der Waals surface area contributed by atoms with Crippen LogP contribution in [-0.2, 0) is 12.0 Å². The van der Waals surface area contributed by atoms with Crippen LogP contribution < -0.4 is 11.5 Å². The van der Waals surface area contributed by atoms with Crippen LogP contribution in [-0.4, -0.2) is 0 Å². The summed E-state index contributed by atoms with van der Waals surface area (Å²) in [6.45, 7) is 2.68. The lowest BCUT2D eigenvalue weighted by Crippen LogP contribution is -2.31. The lowest BCUT2D eigenvalue weighted by Gasteiger charge is -2.39. The Morgan fingerprint density at radius 1 is 0.552 bits per heavy atom. The van der Waals surface area contributed by atoms with Gasteiger partial charge in [0.15, 0.2) is 0 Å². The molecule has 1 heterocycles. The highest BCUT2D eigenvalue weighted by Gasteiger charge is 2.50. The molecule has 0 amide bonds. The van der Waals surface area contributed by atoms with E-state index in [1.807, 2.05) is 48.2 Å². The summed E-state index contributed by atoms with van der Waals surface area (Å²) in [5.74, 6) is 0. The molecule has 58 heavy (non-hydrogen) atoms. The molecule has 7 aromatic rings. The zero-order valence-corrected chi connectivity index (χ0v) is 33.6. The van der Waals surface area contributed by atoms with E-state index < -0.39 is 0 Å². The van der Waals surface area contributed by atoms with E-state index in [4.69, 9.17) is 11.5 Å². The van der Waals surface area contributed by atoms with Gasteiger partial charge in [0.1, 0.15) is 0 Å². The van der Waals surface area contributed by atoms with Gasteiger partial charge in [0.05, 0.1) is 5.41 Å². The molecule has 1 aliphatic heterocycles. The Morgan fingerprint density at radius 3 is 1.67 bits per heavy atom. The maximum absolute atomic E-state index is 5.80. The lowest BCUT2D eigenvalue weighted by atomic mass is 9.67. The third kappa shape index (κ3) is 6.77. The number of fused-ring (bicyclic) bond motifs is 9. The first-order chi connectivity index (χ1) is 28.6. The van der Waals surface area contributed by atoms with Crippen LogP contribution in [0.25, 0.3) is 33.4 Å². The molecule has 0 fully saturated rings. The van der Waals surface area contributed by atoms with E-state index in [2.05, 4.69) is 165 Å². The van der Waals surface area contributed by atoms with Crippen molar-refractivity contribution in [3.8, 4) is 11.1 Å². The molecule has 0 radical (unpaired) electrons. The standard InChI is InChI=1S/C38H29NS.C17H17N/c39-24-25-13-15-26(16-14-25)27-17-19-28(20-18-27)29-21-22-33-31(23-29)30-7-1-2-8-32(30)38(33)34-9-3-5-11-36(34)40-37-12-6-4-10-35(37)38;1-14(15-8-4-2-5-9-15)12-17(13-18)16-10-6-3-7-11-16/h1-17,19,21-23H,18,20,24,39H2;2-13H,18H2,1H3/b;14-12+,17-13+. The van der Waals surface area contributed by atoms with Gasteiger partial charge in [-0.15, -0.1) is 0 Å². The smallest absolute Gasteiger partial charge is 0.0735 e. The Balaban J connectivity index is 0.000000204. The fourth-order valence-corrected chi connectivity index (χ4v) is 10.1. The first-order valence-corrected chi connectivity index (χ1v) is 20.9. The van der Waals surface area contributed by atoms with Gasteiger partial charge in [-0.05, 0) is 128 Å². The van der Waals surface area contributed by atoms with Crippen molar-refractivity contribution < 1.29 is 0 Å². The van der Waals surface area contributed by atoms with Gasteiger partial charge < -0.3 is 11.5 Å². The van der Waals surface area contributed by atoms with Gasteiger partial charge in [-0.3, -0.25) is 0 Å². The van der Waals surface area contributed by atoms with E-state index in [-0.39, 0.29) is 5.41 Å². The summed E-state index contributed by atoms with van der Waals surface area (Å²) in [6, 6.07) is 63.5. The van der Waals surface area contributed by atoms with Crippen molar-refractivity contribution in [3.63, 3.8) is 0 Å². The second kappa shape index (κ2) is 16.2. The molecule has 2 nitrogen and oxygen atoms in total. The summed E-state index contributed by atoms with van der Waals surface area (Å²) < 4.78 is 0. The Labute approximate surface area is 347 Å². The van der Waals surface area contributed by atoms with E-state index in [0.717, 1.165) is 24.0 Å².